The molecule has 0 aromatic heterocycles. The van der Waals surface area contributed by atoms with E-state index >= 15 is 0 Å². The van der Waals surface area contributed by atoms with Crippen LogP contribution in [0.4, 0.5) is 0 Å². The minimum Gasteiger partial charge on any atom is -0.273 e. The van der Waals surface area contributed by atoms with Gasteiger partial charge < -0.3 is 0 Å². The van der Waals surface area contributed by atoms with Crippen LogP contribution in [0.1, 0.15) is 5.56 Å². The topological polar surface area (TPSA) is 40.9 Å². The Morgan fingerprint density at radius 3 is 2.36 bits per heavy atom. The van der Waals surface area contributed by atoms with Crippen molar-refractivity contribution in [2.24, 2.45) is 0 Å². The highest BCUT2D eigenvalue weighted by atomic mass is 35.5. The van der Waals surface area contributed by atoms with Crippen LogP contribution in [0.2, 0.25) is 5.02 Å². The molecule has 0 aliphatic heterocycles. The van der Waals surface area contributed by atoms with E-state index in [1.54, 1.807) is 24.3 Å². The van der Waals surface area contributed by atoms with Crippen molar-refractivity contribution in [1.29, 1.82) is 0 Å². The van der Waals surface area contributed by atoms with Crippen molar-refractivity contribution < 1.29 is 4.79 Å². The van der Waals surface area contributed by atoms with Crippen LogP contribution in [-0.2, 0) is 11.2 Å². The summed E-state index contributed by atoms with van der Waals surface area (Å²) in [5, 5.41) is 0.645. The van der Waals surface area contributed by atoms with E-state index in [9.17, 15) is 4.79 Å². The largest absolute Gasteiger partial charge is 0.273 e. The molecule has 57 valence electrons. The van der Waals surface area contributed by atoms with E-state index in [-0.39, 0.29) is 6.42 Å². The zero-order chi connectivity index (χ0) is 8.27. The van der Waals surface area contributed by atoms with Crippen LogP contribution in [0.25, 0.3) is 0 Å². The Kier molecular flexibility index (Phi) is 2.49. The van der Waals surface area contributed by atoms with Gasteiger partial charge in [0.1, 0.15) is 0 Å². The number of hydrogen-bond donors (Lipinski definition) is 0. The molecule has 0 bridgehead atoms. The van der Waals surface area contributed by atoms with Crippen molar-refractivity contribution in [2.75, 3.05) is 0 Å². The SMILES string of the molecule is [NH]C(=O)Cc1ccc(Cl)cc1. The van der Waals surface area contributed by atoms with Gasteiger partial charge in [0, 0.05) is 5.02 Å². The van der Waals surface area contributed by atoms with Crippen molar-refractivity contribution in [3.8, 4) is 0 Å². The van der Waals surface area contributed by atoms with Crippen molar-refractivity contribution in [2.45, 2.75) is 6.42 Å². The second-order valence-electron chi connectivity index (χ2n) is 2.23. The number of benzene rings is 1. The van der Waals surface area contributed by atoms with Crippen LogP contribution < -0.4 is 5.73 Å². The summed E-state index contributed by atoms with van der Waals surface area (Å²) in [6, 6.07) is 6.91. The maximum Gasteiger partial charge on any atom is 0.242 e. The molecule has 0 atom stereocenters. The Balaban J connectivity index is 2.74. The Morgan fingerprint density at radius 1 is 1.36 bits per heavy atom. The Hall–Kier alpha value is -1.02. The third-order valence-electron chi connectivity index (χ3n) is 1.28. The summed E-state index contributed by atoms with van der Waals surface area (Å²) in [5.74, 6) is -0.577. The van der Waals surface area contributed by atoms with Crippen molar-refractivity contribution in [1.82, 2.24) is 5.73 Å². The lowest BCUT2D eigenvalue weighted by Gasteiger charge is -1.95. The van der Waals surface area contributed by atoms with E-state index in [0.29, 0.717) is 5.02 Å². The first kappa shape index (κ1) is 8.08. The number of rotatable bonds is 2. The molecule has 0 aliphatic rings. The third-order valence-corrected chi connectivity index (χ3v) is 1.53. The first-order chi connectivity index (χ1) is 5.18. The molecule has 1 aromatic rings. The second-order valence-corrected chi connectivity index (χ2v) is 2.66. The zero-order valence-electron chi connectivity index (χ0n) is 5.80. The van der Waals surface area contributed by atoms with Gasteiger partial charge in [0.05, 0.1) is 6.42 Å². The van der Waals surface area contributed by atoms with Gasteiger partial charge in [-0.05, 0) is 17.7 Å². The molecule has 0 heterocycles. The molecular formula is C8H7ClNO. The molecule has 3 heteroatoms. The van der Waals surface area contributed by atoms with Crippen LogP contribution in [-0.4, -0.2) is 5.91 Å². The van der Waals surface area contributed by atoms with Crippen LogP contribution in [0.15, 0.2) is 24.3 Å². The normalized spacial score (nSPS) is 9.55. The number of amides is 1. The fraction of sp³-hybridized carbons (Fsp3) is 0.125. The molecule has 0 saturated heterocycles. The Labute approximate surface area is 70.0 Å². The smallest absolute Gasteiger partial charge is 0.242 e. The zero-order valence-corrected chi connectivity index (χ0v) is 6.56. The predicted octanol–water partition coefficient (Wildman–Crippen LogP) is 1.69. The lowest BCUT2D eigenvalue weighted by Crippen LogP contribution is -2.01. The quantitative estimate of drug-likeness (QED) is 0.663. The minimum absolute atomic E-state index is 0.164. The number of halogens is 1. The molecule has 0 unspecified atom stereocenters. The molecule has 0 saturated carbocycles. The van der Waals surface area contributed by atoms with Gasteiger partial charge in [-0.3, -0.25) is 10.5 Å². The van der Waals surface area contributed by atoms with Crippen molar-refractivity contribution in [3.05, 3.63) is 34.9 Å². The lowest BCUT2D eigenvalue weighted by molar-refractivity contribution is -0.118. The van der Waals surface area contributed by atoms with Gasteiger partial charge in [-0.2, -0.15) is 0 Å². The summed E-state index contributed by atoms with van der Waals surface area (Å²) >= 11 is 5.62. The summed E-state index contributed by atoms with van der Waals surface area (Å²) in [6.07, 6.45) is 0.164. The second kappa shape index (κ2) is 3.39. The molecular weight excluding hydrogens is 162 g/mol. The lowest BCUT2D eigenvalue weighted by atomic mass is 10.1. The maximum atomic E-state index is 10.3. The molecule has 1 aromatic carbocycles. The van der Waals surface area contributed by atoms with Gasteiger partial charge in [-0.1, -0.05) is 23.7 Å². The van der Waals surface area contributed by atoms with Gasteiger partial charge in [0.15, 0.2) is 0 Å². The molecule has 11 heavy (non-hydrogen) atoms. The first-order valence-corrected chi connectivity index (χ1v) is 3.55. The highest BCUT2D eigenvalue weighted by Gasteiger charge is 1.97. The number of nitrogens with one attached hydrogen (secondary N) is 1. The predicted molar refractivity (Wildman–Crippen MR) is 43.3 cm³/mol. The standard InChI is InChI=1S/C8H7ClNO/c9-7-3-1-6(2-4-7)5-8(10)11/h1-4,10H,5H2. The molecule has 2 nitrogen and oxygen atoms in total. The van der Waals surface area contributed by atoms with E-state index in [0.717, 1.165) is 5.56 Å². The van der Waals surface area contributed by atoms with Gasteiger partial charge in [-0.15, -0.1) is 0 Å². The van der Waals surface area contributed by atoms with Crippen LogP contribution >= 0.6 is 11.6 Å². The van der Waals surface area contributed by atoms with Gasteiger partial charge in [0.25, 0.3) is 0 Å². The average Bonchev–Trinajstić information content (AvgIpc) is 1.93. The average molecular weight is 169 g/mol. The van der Waals surface area contributed by atoms with Crippen molar-refractivity contribution in [3.63, 3.8) is 0 Å². The minimum atomic E-state index is -0.577. The molecule has 0 spiro atoms. The van der Waals surface area contributed by atoms with E-state index in [4.69, 9.17) is 17.3 Å². The van der Waals surface area contributed by atoms with Gasteiger partial charge >= 0.3 is 0 Å². The summed E-state index contributed by atoms with van der Waals surface area (Å²) in [5.41, 5.74) is 7.53. The molecule has 0 fully saturated rings. The van der Waals surface area contributed by atoms with Crippen LogP contribution in [0.3, 0.4) is 0 Å². The molecule has 1 rings (SSSR count). The molecule has 1 amide bonds. The maximum absolute atomic E-state index is 10.3. The van der Waals surface area contributed by atoms with Gasteiger partial charge in [-0.25, -0.2) is 0 Å². The van der Waals surface area contributed by atoms with Crippen molar-refractivity contribution >= 4 is 17.5 Å². The van der Waals surface area contributed by atoms with Crippen LogP contribution in [0, 0.1) is 0 Å². The molecule has 0 aliphatic carbocycles. The fourth-order valence-corrected chi connectivity index (χ4v) is 0.914. The monoisotopic (exact) mass is 168 g/mol. The summed E-state index contributed by atoms with van der Waals surface area (Å²) in [7, 11) is 0. The van der Waals surface area contributed by atoms with E-state index in [2.05, 4.69) is 0 Å². The molecule has 1 radical (unpaired) electrons. The number of carbonyl (C=O) groups excluding carboxylic acids is 1. The Morgan fingerprint density at radius 2 is 1.91 bits per heavy atom. The summed E-state index contributed by atoms with van der Waals surface area (Å²) in [6.45, 7) is 0. The van der Waals surface area contributed by atoms with E-state index in [1.165, 1.54) is 0 Å². The van der Waals surface area contributed by atoms with E-state index < -0.39 is 5.91 Å². The highest BCUT2D eigenvalue weighted by molar-refractivity contribution is 6.30. The third kappa shape index (κ3) is 2.60. The molecule has 1 N–H and O–H groups in total. The number of carbonyl (C=O) groups is 1. The summed E-state index contributed by atoms with van der Waals surface area (Å²) < 4.78 is 0. The highest BCUT2D eigenvalue weighted by Crippen LogP contribution is 2.09. The number of hydrogen-bond acceptors (Lipinski definition) is 1. The summed E-state index contributed by atoms with van der Waals surface area (Å²) in [4.78, 5) is 10.3. The Bertz CT molecular complexity index is 255. The van der Waals surface area contributed by atoms with E-state index in [1.807, 2.05) is 0 Å². The fourth-order valence-electron chi connectivity index (χ4n) is 0.788. The first-order valence-electron chi connectivity index (χ1n) is 3.17. The van der Waals surface area contributed by atoms with Gasteiger partial charge in [0.2, 0.25) is 5.91 Å². The van der Waals surface area contributed by atoms with Crippen LogP contribution in [0.5, 0.6) is 0 Å².